The molecule has 0 heterocycles. The van der Waals surface area contributed by atoms with Crippen molar-refractivity contribution >= 4 is 17.5 Å². The van der Waals surface area contributed by atoms with E-state index in [1.165, 1.54) is 36.2 Å². The van der Waals surface area contributed by atoms with Gasteiger partial charge in [-0.25, -0.2) is 4.39 Å². The lowest BCUT2D eigenvalue weighted by Gasteiger charge is -2.18. The van der Waals surface area contributed by atoms with E-state index in [1.807, 2.05) is 26.0 Å². The maximum absolute atomic E-state index is 12.8. The Bertz CT molecular complexity index is 760. The third kappa shape index (κ3) is 5.31. The molecule has 6 heteroatoms. The second kappa shape index (κ2) is 8.28. The highest BCUT2D eigenvalue weighted by Gasteiger charge is 2.14. The lowest BCUT2D eigenvalue weighted by atomic mass is 10.1. The fraction of sp³-hybridized carbons (Fsp3) is 0.263. The second-order valence-electron chi connectivity index (χ2n) is 5.79. The first-order chi connectivity index (χ1) is 11.9. The first kappa shape index (κ1) is 18.4. The number of likely N-dealkylation sites (N-methyl/N-ethyl adjacent to an activating group) is 1. The lowest BCUT2D eigenvalue weighted by molar-refractivity contribution is -0.135. The number of anilines is 1. The zero-order chi connectivity index (χ0) is 18.4. The van der Waals surface area contributed by atoms with Gasteiger partial charge in [-0.2, -0.15) is 0 Å². The van der Waals surface area contributed by atoms with Crippen LogP contribution in [-0.2, 0) is 9.59 Å². The number of hydrogen-bond acceptors (Lipinski definition) is 3. The van der Waals surface area contributed by atoms with E-state index >= 15 is 0 Å². The van der Waals surface area contributed by atoms with E-state index in [1.54, 1.807) is 6.07 Å². The van der Waals surface area contributed by atoms with Gasteiger partial charge in [-0.05, 0) is 55.3 Å². The summed E-state index contributed by atoms with van der Waals surface area (Å²) < 4.78 is 18.4. The van der Waals surface area contributed by atoms with Crippen molar-refractivity contribution < 1.29 is 18.7 Å². The minimum Gasteiger partial charge on any atom is -0.483 e. The molecule has 0 fully saturated rings. The van der Waals surface area contributed by atoms with E-state index < -0.39 is 0 Å². The summed E-state index contributed by atoms with van der Waals surface area (Å²) in [5.41, 5.74) is 2.53. The number of carbonyl (C=O) groups is 2. The highest BCUT2D eigenvalue weighted by molar-refractivity contribution is 5.94. The van der Waals surface area contributed by atoms with E-state index in [0.29, 0.717) is 11.4 Å². The van der Waals surface area contributed by atoms with Crippen LogP contribution in [-0.4, -0.2) is 36.9 Å². The Hall–Kier alpha value is -2.89. The standard InChI is InChI=1S/C19H21FN2O3/c1-13-5-4-6-17(14(13)2)25-12-19(24)22(3)11-18(23)21-16-9-7-15(20)8-10-16/h4-10H,11-12H2,1-3H3,(H,21,23). The zero-order valence-corrected chi connectivity index (χ0v) is 14.5. The molecule has 1 N–H and O–H groups in total. The minimum atomic E-state index is -0.381. The number of rotatable bonds is 6. The number of benzene rings is 2. The largest absolute Gasteiger partial charge is 0.483 e. The van der Waals surface area contributed by atoms with Gasteiger partial charge in [0.2, 0.25) is 5.91 Å². The fourth-order valence-electron chi connectivity index (χ4n) is 2.17. The van der Waals surface area contributed by atoms with Crippen molar-refractivity contribution in [3.63, 3.8) is 0 Å². The maximum Gasteiger partial charge on any atom is 0.260 e. The van der Waals surface area contributed by atoms with Gasteiger partial charge < -0.3 is 15.0 Å². The minimum absolute atomic E-state index is 0.119. The number of nitrogens with zero attached hydrogens (tertiary/aromatic N) is 1. The number of halogens is 1. The van der Waals surface area contributed by atoms with E-state index in [2.05, 4.69) is 5.32 Å². The van der Waals surface area contributed by atoms with Crippen LogP contribution < -0.4 is 10.1 Å². The van der Waals surface area contributed by atoms with Gasteiger partial charge in [0, 0.05) is 12.7 Å². The summed E-state index contributed by atoms with van der Waals surface area (Å²) in [7, 11) is 1.53. The Morgan fingerprint density at radius 1 is 1.12 bits per heavy atom. The van der Waals surface area contributed by atoms with Crippen LogP contribution in [0.5, 0.6) is 5.75 Å². The van der Waals surface area contributed by atoms with Crippen molar-refractivity contribution in [1.29, 1.82) is 0 Å². The van der Waals surface area contributed by atoms with Gasteiger partial charge in [-0.3, -0.25) is 9.59 Å². The molecule has 2 aromatic carbocycles. The van der Waals surface area contributed by atoms with Crippen LogP contribution in [0.4, 0.5) is 10.1 Å². The molecule has 0 unspecified atom stereocenters. The monoisotopic (exact) mass is 344 g/mol. The molecule has 0 aliphatic heterocycles. The average molecular weight is 344 g/mol. The third-order valence-corrected chi connectivity index (χ3v) is 3.84. The third-order valence-electron chi connectivity index (χ3n) is 3.84. The van der Waals surface area contributed by atoms with E-state index in [0.717, 1.165) is 11.1 Å². The van der Waals surface area contributed by atoms with Crippen LogP contribution in [0.25, 0.3) is 0 Å². The van der Waals surface area contributed by atoms with Crippen molar-refractivity contribution in [2.24, 2.45) is 0 Å². The second-order valence-corrected chi connectivity index (χ2v) is 5.79. The first-order valence-electron chi connectivity index (χ1n) is 7.85. The fourth-order valence-corrected chi connectivity index (χ4v) is 2.17. The SMILES string of the molecule is Cc1cccc(OCC(=O)N(C)CC(=O)Nc2ccc(F)cc2)c1C. The molecule has 0 aliphatic rings. The quantitative estimate of drug-likeness (QED) is 0.877. The Labute approximate surface area is 146 Å². The summed E-state index contributed by atoms with van der Waals surface area (Å²) >= 11 is 0. The molecule has 5 nitrogen and oxygen atoms in total. The van der Waals surface area contributed by atoms with Gasteiger partial charge in [0.15, 0.2) is 6.61 Å². The Morgan fingerprint density at radius 3 is 2.48 bits per heavy atom. The van der Waals surface area contributed by atoms with Crippen LogP contribution in [0.3, 0.4) is 0 Å². The van der Waals surface area contributed by atoms with Gasteiger partial charge in [0.05, 0.1) is 6.54 Å². The van der Waals surface area contributed by atoms with Crippen molar-refractivity contribution in [2.75, 3.05) is 25.5 Å². The van der Waals surface area contributed by atoms with Gasteiger partial charge in [-0.15, -0.1) is 0 Å². The van der Waals surface area contributed by atoms with Crippen LogP contribution >= 0.6 is 0 Å². The zero-order valence-electron chi connectivity index (χ0n) is 14.5. The Balaban J connectivity index is 1.84. The highest BCUT2D eigenvalue weighted by Crippen LogP contribution is 2.20. The summed E-state index contributed by atoms with van der Waals surface area (Å²) in [5, 5.41) is 2.60. The summed E-state index contributed by atoms with van der Waals surface area (Å²) in [5.74, 6) is -0.407. The number of ether oxygens (including phenoxy) is 1. The molecule has 0 aromatic heterocycles. The van der Waals surface area contributed by atoms with E-state index in [-0.39, 0.29) is 30.8 Å². The first-order valence-corrected chi connectivity index (χ1v) is 7.85. The summed E-state index contributed by atoms with van der Waals surface area (Å²) in [6.45, 7) is 3.63. The van der Waals surface area contributed by atoms with Gasteiger partial charge >= 0.3 is 0 Å². The number of aryl methyl sites for hydroxylation is 1. The molecule has 132 valence electrons. The topological polar surface area (TPSA) is 58.6 Å². The van der Waals surface area contributed by atoms with Crippen LogP contribution in [0.15, 0.2) is 42.5 Å². The number of nitrogens with one attached hydrogen (secondary N) is 1. The number of carbonyl (C=O) groups excluding carboxylic acids is 2. The van der Waals surface area contributed by atoms with E-state index in [9.17, 15) is 14.0 Å². The predicted molar refractivity (Wildman–Crippen MR) is 94.1 cm³/mol. The molecule has 0 radical (unpaired) electrons. The highest BCUT2D eigenvalue weighted by atomic mass is 19.1. The summed E-state index contributed by atoms with van der Waals surface area (Å²) in [4.78, 5) is 25.3. The summed E-state index contributed by atoms with van der Waals surface area (Å²) in [6.07, 6.45) is 0. The summed E-state index contributed by atoms with van der Waals surface area (Å²) in [6, 6.07) is 11.1. The van der Waals surface area contributed by atoms with E-state index in [4.69, 9.17) is 4.74 Å². The van der Waals surface area contributed by atoms with Crippen LogP contribution in [0, 0.1) is 19.7 Å². The molecule has 2 aromatic rings. The molecule has 0 saturated carbocycles. The van der Waals surface area contributed by atoms with Crippen molar-refractivity contribution in [3.8, 4) is 5.75 Å². The normalized spacial score (nSPS) is 10.2. The molecule has 0 saturated heterocycles. The Morgan fingerprint density at radius 2 is 1.80 bits per heavy atom. The maximum atomic E-state index is 12.8. The molecular weight excluding hydrogens is 323 g/mol. The number of amides is 2. The van der Waals surface area contributed by atoms with Gasteiger partial charge in [-0.1, -0.05) is 12.1 Å². The number of hydrogen-bond donors (Lipinski definition) is 1. The van der Waals surface area contributed by atoms with Crippen molar-refractivity contribution in [1.82, 2.24) is 4.90 Å². The van der Waals surface area contributed by atoms with Crippen molar-refractivity contribution in [3.05, 3.63) is 59.4 Å². The molecule has 0 spiro atoms. The molecular formula is C19H21FN2O3. The smallest absolute Gasteiger partial charge is 0.260 e. The lowest BCUT2D eigenvalue weighted by Crippen LogP contribution is -2.37. The molecule has 0 bridgehead atoms. The van der Waals surface area contributed by atoms with Crippen LogP contribution in [0.1, 0.15) is 11.1 Å². The predicted octanol–water partition coefficient (Wildman–Crippen LogP) is 2.92. The van der Waals surface area contributed by atoms with Crippen molar-refractivity contribution in [2.45, 2.75) is 13.8 Å². The molecule has 25 heavy (non-hydrogen) atoms. The molecule has 2 amide bonds. The molecule has 0 aliphatic carbocycles. The molecule has 0 atom stereocenters. The average Bonchev–Trinajstić information content (AvgIpc) is 2.58. The van der Waals surface area contributed by atoms with Crippen LogP contribution in [0.2, 0.25) is 0 Å². The Kier molecular flexibility index (Phi) is 6.11. The van der Waals surface area contributed by atoms with Gasteiger partial charge in [0.1, 0.15) is 11.6 Å². The molecule has 2 rings (SSSR count). The van der Waals surface area contributed by atoms with Gasteiger partial charge in [0.25, 0.3) is 5.91 Å².